The number of hydrogen-bond donors (Lipinski definition) is 3. The van der Waals surface area contributed by atoms with E-state index in [1.165, 1.54) is 18.3 Å². The summed E-state index contributed by atoms with van der Waals surface area (Å²) < 4.78 is 5.07. The van der Waals surface area contributed by atoms with Crippen LogP contribution in [-0.2, 0) is 27.3 Å². The summed E-state index contributed by atoms with van der Waals surface area (Å²) in [5.41, 5.74) is 6.96. The molecule has 2 heterocycles. The summed E-state index contributed by atoms with van der Waals surface area (Å²) in [6.07, 6.45) is 1.38. The molecule has 0 spiro atoms. The molecule has 0 saturated carbocycles. The molecule has 1 aliphatic heterocycles. The average Bonchev–Trinajstić information content (AvgIpc) is 2.90. The molecule has 0 saturated heterocycles. The SMILES string of the molecule is COC(CN)CC(=O)N1Cc2[nH]cnc2CC1C(=O)O. The summed E-state index contributed by atoms with van der Waals surface area (Å²) >= 11 is 0. The molecule has 1 amide bonds. The third-order valence-electron chi connectivity index (χ3n) is 3.50. The number of carbonyl (C=O) groups excluding carboxylic acids is 1. The van der Waals surface area contributed by atoms with Crippen LogP contribution in [0.5, 0.6) is 0 Å². The largest absolute Gasteiger partial charge is 0.480 e. The Labute approximate surface area is 115 Å². The number of fused-ring (bicyclic) bond motifs is 1. The summed E-state index contributed by atoms with van der Waals surface area (Å²) in [6.45, 7) is 0.426. The van der Waals surface area contributed by atoms with Crippen molar-refractivity contribution in [2.45, 2.75) is 31.5 Å². The molecule has 2 rings (SSSR count). The Morgan fingerprint density at radius 2 is 2.45 bits per heavy atom. The first-order chi connectivity index (χ1) is 9.56. The number of carboxylic acid groups (broad SMARTS) is 1. The van der Waals surface area contributed by atoms with Gasteiger partial charge in [0.25, 0.3) is 0 Å². The van der Waals surface area contributed by atoms with E-state index in [1.54, 1.807) is 0 Å². The maximum absolute atomic E-state index is 12.3. The zero-order valence-electron chi connectivity index (χ0n) is 11.2. The number of methoxy groups -OCH3 is 1. The van der Waals surface area contributed by atoms with Crippen molar-refractivity contribution in [2.24, 2.45) is 5.73 Å². The van der Waals surface area contributed by atoms with Gasteiger partial charge in [0.2, 0.25) is 5.91 Å². The minimum Gasteiger partial charge on any atom is -0.480 e. The number of aromatic amines is 1. The fourth-order valence-corrected chi connectivity index (χ4v) is 2.29. The molecular weight excluding hydrogens is 264 g/mol. The Balaban J connectivity index is 2.16. The van der Waals surface area contributed by atoms with Crippen LogP contribution < -0.4 is 5.73 Å². The molecule has 110 valence electrons. The van der Waals surface area contributed by atoms with E-state index in [0.29, 0.717) is 5.69 Å². The van der Waals surface area contributed by atoms with Crippen LogP contribution in [0.2, 0.25) is 0 Å². The number of ether oxygens (including phenoxy) is 1. The van der Waals surface area contributed by atoms with Gasteiger partial charge in [-0.15, -0.1) is 0 Å². The van der Waals surface area contributed by atoms with Gasteiger partial charge >= 0.3 is 5.97 Å². The van der Waals surface area contributed by atoms with E-state index in [2.05, 4.69) is 9.97 Å². The van der Waals surface area contributed by atoms with Crippen LogP contribution in [0.4, 0.5) is 0 Å². The molecule has 8 nitrogen and oxygen atoms in total. The van der Waals surface area contributed by atoms with Crippen molar-refractivity contribution in [3.05, 3.63) is 17.7 Å². The van der Waals surface area contributed by atoms with Crippen molar-refractivity contribution >= 4 is 11.9 Å². The average molecular weight is 282 g/mol. The molecule has 0 aliphatic carbocycles. The number of amides is 1. The number of nitrogens with one attached hydrogen (secondary N) is 1. The maximum Gasteiger partial charge on any atom is 0.326 e. The van der Waals surface area contributed by atoms with E-state index in [4.69, 9.17) is 10.5 Å². The molecule has 0 fully saturated rings. The quantitative estimate of drug-likeness (QED) is 0.644. The first-order valence-corrected chi connectivity index (χ1v) is 6.33. The van der Waals surface area contributed by atoms with Crippen LogP contribution in [0, 0.1) is 0 Å². The van der Waals surface area contributed by atoms with E-state index in [-0.39, 0.29) is 31.8 Å². The number of hydrogen-bond acceptors (Lipinski definition) is 5. The summed E-state index contributed by atoms with van der Waals surface area (Å²) in [5.74, 6) is -1.32. The van der Waals surface area contributed by atoms with Gasteiger partial charge in [0, 0.05) is 20.1 Å². The lowest BCUT2D eigenvalue weighted by atomic mass is 10.0. The molecule has 2 unspecified atom stereocenters. The highest BCUT2D eigenvalue weighted by molar-refractivity contribution is 5.84. The van der Waals surface area contributed by atoms with Gasteiger partial charge in [-0.05, 0) is 0 Å². The second kappa shape index (κ2) is 6.02. The highest BCUT2D eigenvalue weighted by atomic mass is 16.5. The van der Waals surface area contributed by atoms with Crippen molar-refractivity contribution in [2.75, 3.05) is 13.7 Å². The highest BCUT2D eigenvalue weighted by Crippen LogP contribution is 2.22. The van der Waals surface area contributed by atoms with Crippen molar-refractivity contribution in [1.82, 2.24) is 14.9 Å². The zero-order chi connectivity index (χ0) is 14.7. The van der Waals surface area contributed by atoms with Gasteiger partial charge in [-0.2, -0.15) is 0 Å². The van der Waals surface area contributed by atoms with Crippen molar-refractivity contribution in [3.8, 4) is 0 Å². The predicted octanol–water partition coefficient (Wildman–Crippen LogP) is -0.889. The zero-order valence-corrected chi connectivity index (χ0v) is 11.2. The van der Waals surface area contributed by atoms with Gasteiger partial charge in [-0.1, -0.05) is 0 Å². The number of carbonyl (C=O) groups is 2. The first-order valence-electron chi connectivity index (χ1n) is 6.33. The summed E-state index contributed by atoms with van der Waals surface area (Å²) in [6, 6.07) is -0.895. The maximum atomic E-state index is 12.3. The van der Waals surface area contributed by atoms with E-state index < -0.39 is 18.1 Å². The number of nitrogens with zero attached hydrogens (tertiary/aromatic N) is 2. The monoisotopic (exact) mass is 282 g/mol. The Kier molecular flexibility index (Phi) is 4.35. The van der Waals surface area contributed by atoms with Gasteiger partial charge in [0.1, 0.15) is 6.04 Å². The molecule has 0 aromatic carbocycles. The normalized spacial score (nSPS) is 19.5. The minimum absolute atomic E-state index is 0.0697. The van der Waals surface area contributed by atoms with Crippen molar-refractivity contribution < 1.29 is 19.4 Å². The lowest BCUT2D eigenvalue weighted by Gasteiger charge is -2.33. The third-order valence-corrected chi connectivity index (χ3v) is 3.50. The third kappa shape index (κ3) is 2.81. The predicted molar refractivity (Wildman–Crippen MR) is 68.7 cm³/mol. The minimum atomic E-state index is -1.03. The summed E-state index contributed by atoms with van der Waals surface area (Å²) in [4.78, 5) is 31.9. The second-order valence-electron chi connectivity index (χ2n) is 4.71. The van der Waals surface area contributed by atoms with Gasteiger partial charge in [0.05, 0.1) is 36.8 Å². The molecule has 0 radical (unpaired) electrons. The number of nitrogens with two attached hydrogens (primary N) is 1. The molecular formula is C12H18N4O4. The van der Waals surface area contributed by atoms with E-state index >= 15 is 0 Å². The van der Waals surface area contributed by atoms with Gasteiger partial charge in [-0.25, -0.2) is 9.78 Å². The fraction of sp³-hybridized carbons (Fsp3) is 0.583. The molecule has 20 heavy (non-hydrogen) atoms. The lowest BCUT2D eigenvalue weighted by molar-refractivity contribution is -0.152. The van der Waals surface area contributed by atoms with Gasteiger partial charge in [-0.3, -0.25) is 4.79 Å². The number of aliphatic carboxylic acids is 1. The molecule has 2 atom stereocenters. The Morgan fingerprint density at radius 3 is 3.05 bits per heavy atom. The molecule has 8 heteroatoms. The highest BCUT2D eigenvalue weighted by Gasteiger charge is 2.36. The molecule has 0 bridgehead atoms. The number of rotatable bonds is 5. The first kappa shape index (κ1) is 14.5. The van der Waals surface area contributed by atoms with Crippen molar-refractivity contribution in [3.63, 3.8) is 0 Å². The standard InChI is InChI=1S/C12H18N4O4/c1-20-7(4-13)2-11(17)16-5-9-8(14-6-15-9)3-10(16)12(18)19/h6-7,10H,2-5,13H2,1H3,(H,14,15)(H,18,19). The Bertz CT molecular complexity index is 497. The summed E-state index contributed by atoms with van der Waals surface area (Å²) in [5, 5.41) is 9.28. The number of imidazole rings is 1. The fourth-order valence-electron chi connectivity index (χ4n) is 2.29. The topological polar surface area (TPSA) is 122 Å². The smallest absolute Gasteiger partial charge is 0.326 e. The van der Waals surface area contributed by atoms with Gasteiger partial charge < -0.3 is 25.5 Å². The van der Waals surface area contributed by atoms with Crippen LogP contribution >= 0.6 is 0 Å². The Morgan fingerprint density at radius 1 is 1.70 bits per heavy atom. The lowest BCUT2D eigenvalue weighted by Crippen LogP contribution is -2.49. The number of carboxylic acids is 1. The summed E-state index contributed by atoms with van der Waals surface area (Å²) in [7, 11) is 1.47. The Hall–Kier alpha value is -1.93. The van der Waals surface area contributed by atoms with Crippen LogP contribution in [0.15, 0.2) is 6.33 Å². The van der Waals surface area contributed by atoms with Crippen LogP contribution in [0.3, 0.4) is 0 Å². The number of aromatic nitrogens is 2. The van der Waals surface area contributed by atoms with E-state index in [9.17, 15) is 14.7 Å². The molecule has 1 aromatic rings. The van der Waals surface area contributed by atoms with Crippen LogP contribution in [0.25, 0.3) is 0 Å². The van der Waals surface area contributed by atoms with Crippen molar-refractivity contribution in [1.29, 1.82) is 0 Å². The molecule has 1 aliphatic rings. The number of H-pyrrole nitrogens is 1. The van der Waals surface area contributed by atoms with Crippen LogP contribution in [0.1, 0.15) is 17.8 Å². The molecule has 4 N–H and O–H groups in total. The van der Waals surface area contributed by atoms with Crippen LogP contribution in [-0.4, -0.2) is 57.7 Å². The van der Waals surface area contributed by atoms with Gasteiger partial charge in [0.15, 0.2) is 0 Å². The van der Waals surface area contributed by atoms with E-state index in [1.807, 2.05) is 0 Å². The molecule has 1 aromatic heterocycles. The second-order valence-corrected chi connectivity index (χ2v) is 4.71. The van der Waals surface area contributed by atoms with E-state index in [0.717, 1.165) is 5.69 Å².